The van der Waals surface area contributed by atoms with Gasteiger partial charge >= 0.3 is 0 Å². The highest BCUT2D eigenvalue weighted by atomic mass is 16.5. The van der Waals surface area contributed by atoms with Crippen molar-refractivity contribution < 1.29 is 24.5 Å². The van der Waals surface area contributed by atoms with E-state index in [0.717, 1.165) is 0 Å². The first-order valence-corrected chi connectivity index (χ1v) is 3.14. The van der Waals surface area contributed by atoms with E-state index in [1.807, 2.05) is 0 Å². The van der Waals surface area contributed by atoms with Gasteiger partial charge in [-0.3, -0.25) is 9.59 Å². The molecule has 2 atom stereocenters. The van der Waals surface area contributed by atoms with E-state index in [1.54, 1.807) is 0 Å². The lowest BCUT2D eigenvalue weighted by Gasteiger charge is -2.23. The first-order chi connectivity index (χ1) is 5.16. The first-order valence-electron chi connectivity index (χ1n) is 3.14. The van der Waals surface area contributed by atoms with Crippen LogP contribution in [0, 0.1) is 0 Å². The zero-order valence-corrected chi connectivity index (χ0v) is 5.69. The fourth-order valence-electron chi connectivity index (χ4n) is 0.831. The molecule has 1 aliphatic heterocycles. The van der Waals surface area contributed by atoms with E-state index in [9.17, 15) is 9.59 Å². The van der Waals surface area contributed by atoms with Gasteiger partial charge in [-0.2, -0.15) is 0 Å². The molecule has 1 unspecified atom stereocenters. The Kier molecular flexibility index (Phi) is 2.33. The molecule has 0 aromatic carbocycles. The number of carbonyl (C=O) groups excluding carboxylic acids is 2. The number of hydrogen-bond acceptors (Lipinski definition) is 5. The number of ether oxygens (including phenoxy) is 1. The smallest absolute Gasteiger partial charge is 0.231 e. The quantitative estimate of drug-likeness (QED) is 0.428. The topological polar surface area (TPSA) is 83.8 Å². The van der Waals surface area contributed by atoms with Gasteiger partial charge in [0.25, 0.3) is 0 Å². The van der Waals surface area contributed by atoms with Crippen LogP contribution in [0.3, 0.4) is 0 Å². The molecular weight excluding hydrogens is 152 g/mol. The minimum atomic E-state index is -1.50. The summed E-state index contributed by atoms with van der Waals surface area (Å²) < 4.78 is 4.65. The Bertz CT molecular complexity index is 187. The van der Waals surface area contributed by atoms with Crippen LogP contribution in [-0.2, 0) is 14.3 Å². The minimum Gasteiger partial charge on any atom is -0.394 e. The van der Waals surface area contributed by atoms with Crippen molar-refractivity contribution in [1.82, 2.24) is 0 Å². The Balaban J connectivity index is 2.66. The lowest BCUT2D eigenvalue weighted by Crippen LogP contribution is -2.48. The van der Waals surface area contributed by atoms with Crippen LogP contribution < -0.4 is 0 Å². The van der Waals surface area contributed by atoms with Gasteiger partial charge < -0.3 is 14.9 Å². The van der Waals surface area contributed by atoms with E-state index in [0.29, 0.717) is 0 Å². The average Bonchev–Trinajstić information content (AvgIpc) is 2.01. The molecule has 11 heavy (non-hydrogen) atoms. The van der Waals surface area contributed by atoms with E-state index in [2.05, 4.69) is 4.74 Å². The summed E-state index contributed by atoms with van der Waals surface area (Å²) in [6.45, 7) is -0.804. The Morgan fingerprint density at radius 3 is 2.73 bits per heavy atom. The van der Waals surface area contributed by atoms with E-state index in [-0.39, 0.29) is 6.61 Å². The molecule has 1 aliphatic rings. The molecule has 1 fully saturated rings. The van der Waals surface area contributed by atoms with Gasteiger partial charge in [-0.25, -0.2) is 0 Å². The van der Waals surface area contributed by atoms with E-state index < -0.39 is 30.4 Å². The maximum atomic E-state index is 10.7. The van der Waals surface area contributed by atoms with E-state index in [4.69, 9.17) is 10.2 Å². The van der Waals surface area contributed by atoms with E-state index >= 15 is 0 Å². The highest BCUT2D eigenvalue weighted by Gasteiger charge is 2.36. The summed E-state index contributed by atoms with van der Waals surface area (Å²) in [6.07, 6.45) is -2.44. The summed E-state index contributed by atoms with van der Waals surface area (Å²) in [4.78, 5) is 21.3. The number of hydrogen-bond donors (Lipinski definition) is 2. The Morgan fingerprint density at radius 1 is 1.55 bits per heavy atom. The second kappa shape index (κ2) is 3.08. The van der Waals surface area contributed by atoms with Gasteiger partial charge in [0.05, 0.1) is 6.61 Å². The van der Waals surface area contributed by atoms with Gasteiger partial charge in [-0.05, 0) is 0 Å². The molecule has 0 saturated carbocycles. The maximum Gasteiger partial charge on any atom is 0.231 e. The normalized spacial score (nSPS) is 32.5. The van der Waals surface area contributed by atoms with Gasteiger partial charge in [-0.15, -0.1) is 0 Å². The molecule has 62 valence electrons. The van der Waals surface area contributed by atoms with Crippen molar-refractivity contribution >= 4 is 11.6 Å². The van der Waals surface area contributed by atoms with Crippen molar-refractivity contribution in [2.75, 3.05) is 13.2 Å². The zero-order valence-electron chi connectivity index (χ0n) is 5.69. The van der Waals surface area contributed by atoms with Crippen molar-refractivity contribution in [3.8, 4) is 0 Å². The molecule has 0 aliphatic carbocycles. The van der Waals surface area contributed by atoms with E-state index in [1.165, 1.54) is 0 Å². The predicted octanol–water partition coefficient (Wildman–Crippen LogP) is -2.12. The summed E-state index contributed by atoms with van der Waals surface area (Å²) in [5, 5.41) is 17.5. The first kappa shape index (κ1) is 8.32. The molecule has 1 saturated heterocycles. The molecule has 0 aromatic heterocycles. The lowest BCUT2D eigenvalue weighted by molar-refractivity contribution is -0.162. The Labute approximate surface area is 62.6 Å². The lowest BCUT2D eigenvalue weighted by atomic mass is 10.0. The highest BCUT2D eigenvalue weighted by Crippen LogP contribution is 2.07. The van der Waals surface area contributed by atoms with Gasteiger partial charge in [0, 0.05) is 0 Å². The third-order valence-electron chi connectivity index (χ3n) is 1.50. The second-order valence-corrected chi connectivity index (χ2v) is 2.26. The zero-order chi connectivity index (χ0) is 8.43. The molecule has 0 spiro atoms. The second-order valence-electron chi connectivity index (χ2n) is 2.26. The summed E-state index contributed by atoms with van der Waals surface area (Å²) in [6, 6.07) is 0. The van der Waals surface area contributed by atoms with Crippen molar-refractivity contribution in [3.05, 3.63) is 0 Å². The van der Waals surface area contributed by atoms with Crippen LogP contribution in [0.25, 0.3) is 0 Å². The molecule has 0 aromatic rings. The van der Waals surface area contributed by atoms with Crippen LogP contribution in [0.1, 0.15) is 0 Å². The van der Waals surface area contributed by atoms with Crippen LogP contribution in [0.4, 0.5) is 0 Å². The molecule has 5 heteroatoms. The number of ketones is 2. The predicted molar refractivity (Wildman–Crippen MR) is 32.8 cm³/mol. The molecule has 1 heterocycles. The largest absolute Gasteiger partial charge is 0.394 e. The molecular formula is C6H8O5. The Hall–Kier alpha value is -0.780. The minimum absolute atomic E-state index is 0.346. The molecule has 0 amide bonds. The van der Waals surface area contributed by atoms with Crippen molar-refractivity contribution in [1.29, 1.82) is 0 Å². The standard InChI is InChI=1S/C6H8O5/c7-1-4-6(10)5(9)3(8)2-11-4/h4,6-7,10H,1-2H2/t4?,6-/m0/s1. The summed E-state index contributed by atoms with van der Waals surface area (Å²) >= 11 is 0. The van der Waals surface area contributed by atoms with Crippen LogP contribution in [-0.4, -0.2) is 47.2 Å². The Morgan fingerprint density at radius 2 is 2.18 bits per heavy atom. The number of carbonyl (C=O) groups is 2. The molecule has 0 bridgehead atoms. The SMILES string of the molecule is O=C1COC(CO)[C@H](O)C1=O. The highest BCUT2D eigenvalue weighted by molar-refractivity contribution is 6.40. The monoisotopic (exact) mass is 160 g/mol. The summed E-state index contributed by atoms with van der Waals surface area (Å²) in [5.74, 6) is -1.63. The third-order valence-corrected chi connectivity index (χ3v) is 1.50. The van der Waals surface area contributed by atoms with Gasteiger partial charge in [0.15, 0.2) is 0 Å². The van der Waals surface area contributed by atoms with Crippen LogP contribution >= 0.6 is 0 Å². The number of aliphatic hydroxyl groups excluding tert-OH is 2. The van der Waals surface area contributed by atoms with Gasteiger partial charge in [-0.1, -0.05) is 0 Å². The van der Waals surface area contributed by atoms with Crippen LogP contribution in [0.5, 0.6) is 0 Å². The number of aliphatic hydroxyl groups is 2. The van der Waals surface area contributed by atoms with Crippen molar-refractivity contribution in [2.24, 2.45) is 0 Å². The number of rotatable bonds is 1. The average molecular weight is 160 g/mol. The number of Topliss-reactive ketones (excluding diaryl/α,β-unsaturated/α-hetero) is 2. The summed E-state index contributed by atoms with van der Waals surface area (Å²) in [7, 11) is 0. The van der Waals surface area contributed by atoms with Gasteiger partial charge in [0.2, 0.25) is 11.6 Å². The van der Waals surface area contributed by atoms with Crippen molar-refractivity contribution in [3.63, 3.8) is 0 Å². The van der Waals surface area contributed by atoms with Gasteiger partial charge in [0.1, 0.15) is 18.8 Å². The van der Waals surface area contributed by atoms with Crippen LogP contribution in [0.2, 0.25) is 0 Å². The fraction of sp³-hybridized carbons (Fsp3) is 0.667. The molecule has 5 nitrogen and oxygen atoms in total. The third kappa shape index (κ3) is 1.45. The molecule has 1 rings (SSSR count). The molecule has 2 N–H and O–H groups in total. The maximum absolute atomic E-state index is 10.7. The fourth-order valence-corrected chi connectivity index (χ4v) is 0.831. The van der Waals surface area contributed by atoms with Crippen LogP contribution in [0.15, 0.2) is 0 Å². The summed E-state index contributed by atoms with van der Waals surface area (Å²) in [5.41, 5.74) is 0. The molecule has 0 radical (unpaired) electrons. The van der Waals surface area contributed by atoms with Crippen molar-refractivity contribution in [2.45, 2.75) is 12.2 Å².